The summed E-state index contributed by atoms with van der Waals surface area (Å²) in [4.78, 5) is 32.7. The number of hydrogen-bond donors (Lipinski definition) is 2. The number of nitrogens with one attached hydrogen (secondary N) is 2. The second-order valence-electron chi connectivity index (χ2n) is 8.76. The van der Waals surface area contributed by atoms with Crippen LogP contribution in [-0.4, -0.2) is 47.6 Å². The van der Waals surface area contributed by atoms with Gasteiger partial charge in [0, 0.05) is 23.0 Å². The van der Waals surface area contributed by atoms with Crippen molar-refractivity contribution in [3.8, 4) is 0 Å². The number of alkyl carbamates (subject to hydrolysis) is 1. The molecule has 0 fully saturated rings. The van der Waals surface area contributed by atoms with Crippen LogP contribution in [0.5, 0.6) is 0 Å². The lowest BCUT2D eigenvalue weighted by molar-refractivity contribution is 0.0523. The van der Waals surface area contributed by atoms with Gasteiger partial charge in [0.05, 0.1) is 5.69 Å². The third-order valence-electron chi connectivity index (χ3n) is 4.89. The van der Waals surface area contributed by atoms with Gasteiger partial charge in [0.15, 0.2) is 5.13 Å². The summed E-state index contributed by atoms with van der Waals surface area (Å²) in [6.45, 7) is 5.73. The molecule has 2 aromatic rings. The van der Waals surface area contributed by atoms with Crippen molar-refractivity contribution in [3.05, 3.63) is 46.0 Å². The van der Waals surface area contributed by atoms with E-state index in [1.165, 1.54) is 4.88 Å². The maximum atomic E-state index is 12.7. The van der Waals surface area contributed by atoms with Crippen LogP contribution in [0, 0.1) is 0 Å². The Morgan fingerprint density at radius 2 is 2.07 bits per heavy atom. The molecule has 7 nitrogen and oxygen atoms in total. The molecule has 0 saturated heterocycles. The van der Waals surface area contributed by atoms with Gasteiger partial charge in [-0.2, -0.15) is 0 Å². The van der Waals surface area contributed by atoms with Crippen molar-refractivity contribution in [1.82, 2.24) is 15.2 Å². The molecule has 1 aliphatic carbocycles. The number of carbonyl (C=O) groups is 2. The molecular weight excluding hydrogens is 400 g/mol. The fourth-order valence-electron chi connectivity index (χ4n) is 3.33. The second-order valence-corrected chi connectivity index (χ2v) is 9.84. The Bertz CT molecular complexity index is 917. The van der Waals surface area contributed by atoms with E-state index < -0.39 is 11.7 Å². The maximum Gasteiger partial charge on any atom is 0.407 e. The molecule has 162 valence electrons. The molecule has 2 N–H and O–H groups in total. The molecule has 3 rings (SSSR count). The number of fused-ring (bicyclic) bond motifs is 1. The molecule has 1 heterocycles. The summed E-state index contributed by atoms with van der Waals surface area (Å²) in [6, 6.07) is 7.70. The summed E-state index contributed by atoms with van der Waals surface area (Å²) in [5, 5.41) is 6.28. The van der Waals surface area contributed by atoms with Gasteiger partial charge in [0.2, 0.25) is 0 Å². The summed E-state index contributed by atoms with van der Waals surface area (Å²) in [6.07, 6.45) is 2.52. The van der Waals surface area contributed by atoms with E-state index in [9.17, 15) is 9.59 Å². The van der Waals surface area contributed by atoms with Crippen LogP contribution in [0.25, 0.3) is 0 Å². The van der Waals surface area contributed by atoms with E-state index in [-0.39, 0.29) is 12.5 Å². The van der Waals surface area contributed by atoms with Gasteiger partial charge < -0.3 is 15.0 Å². The van der Waals surface area contributed by atoms with Crippen LogP contribution in [0.2, 0.25) is 0 Å². The smallest absolute Gasteiger partial charge is 0.407 e. The number of benzene rings is 1. The third-order valence-corrected chi connectivity index (χ3v) is 5.92. The predicted molar refractivity (Wildman–Crippen MR) is 119 cm³/mol. The molecular formula is C22H30N4O3S. The number of amides is 2. The normalized spacial score (nSPS) is 16.1. The van der Waals surface area contributed by atoms with Crippen molar-refractivity contribution in [3.63, 3.8) is 0 Å². The van der Waals surface area contributed by atoms with Crippen molar-refractivity contribution in [2.24, 2.45) is 0 Å². The summed E-state index contributed by atoms with van der Waals surface area (Å²) in [7, 11) is 4.20. The lowest BCUT2D eigenvalue weighted by Crippen LogP contribution is -2.32. The lowest BCUT2D eigenvalue weighted by atomic mass is 9.97. The number of aryl methyl sites for hydroxylation is 1. The zero-order valence-corrected chi connectivity index (χ0v) is 19.1. The average molecular weight is 431 g/mol. The van der Waals surface area contributed by atoms with Crippen molar-refractivity contribution in [1.29, 1.82) is 0 Å². The fraction of sp³-hybridized carbons (Fsp3) is 0.500. The third kappa shape index (κ3) is 6.03. The first-order chi connectivity index (χ1) is 14.1. The SMILES string of the molecule is CN(C)[C@H]1CCc2nc(NC(=O)c3cccc(CNC(=O)OC(C)(C)C)c3)sc2C1. The number of rotatable bonds is 5. The van der Waals surface area contributed by atoms with E-state index in [0.29, 0.717) is 16.7 Å². The highest BCUT2D eigenvalue weighted by atomic mass is 32.1. The van der Waals surface area contributed by atoms with Gasteiger partial charge in [-0.05, 0) is 71.8 Å². The highest BCUT2D eigenvalue weighted by Gasteiger charge is 2.24. The van der Waals surface area contributed by atoms with Crippen molar-refractivity contribution in [2.75, 3.05) is 19.4 Å². The molecule has 30 heavy (non-hydrogen) atoms. The van der Waals surface area contributed by atoms with E-state index in [0.717, 1.165) is 30.5 Å². The van der Waals surface area contributed by atoms with Crippen LogP contribution in [0.1, 0.15) is 53.7 Å². The minimum absolute atomic E-state index is 0.204. The molecule has 1 aromatic carbocycles. The van der Waals surface area contributed by atoms with E-state index in [1.807, 2.05) is 26.8 Å². The van der Waals surface area contributed by atoms with E-state index >= 15 is 0 Å². The molecule has 0 aliphatic heterocycles. The van der Waals surface area contributed by atoms with Gasteiger partial charge >= 0.3 is 6.09 Å². The van der Waals surface area contributed by atoms with Gasteiger partial charge in [0.25, 0.3) is 5.91 Å². The molecule has 0 radical (unpaired) electrons. The number of carbonyl (C=O) groups excluding carboxylic acids is 2. The number of anilines is 1. The van der Waals surface area contributed by atoms with Crippen molar-refractivity contribution < 1.29 is 14.3 Å². The Hall–Kier alpha value is -2.45. The average Bonchev–Trinajstić information content (AvgIpc) is 3.06. The summed E-state index contributed by atoms with van der Waals surface area (Å²) in [5.41, 5.74) is 1.90. The zero-order valence-electron chi connectivity index (χ0n) is 18.2. The van der Waals surface area contributed by atoms with E-state index in [2.05, 4.69) is 34.6 Å². The van der Waals surface area contributed by atoms with Crippen molar-refractivity contribution in [2.45, 2.75) is 58.2 Å². The number of hydrogen-bond acceptors (Lipinski definition) is 6. The molecule has 0 saturated carbocycles. The standard InChI is InChI=1S/C22H30N4O3S/c1-22(2,3)29-21(28)23-13-14-7-6-8-15(11-14)19(27)25-20-24-17-10-9-16(26(4)5)12-18(17)30-20/h6-8,11,16H,9-10,12-13H2,1-5H3,(H,23,28)(H,24,25,27)/t16-/m0/s1. The first kappa shape index (κ1) is 22.2. The Kier molecular flexibility index (Phi) is 6.77. The topological polar surface area (TPSA) is 83.6 Å². The summed E-state index contributed by atoms with van der Waals surface area (Å²) >= 11 is 1.56. The molecule has 0 bridgehead atoms. The lowest BCUT2D eigenvalue weighted by Gasteiger charge is -2.27. The van der Waals surface area contributed by atoms with Gasteiger partial charge in [0.1, 0.15) is 5.60 Å². The van der Waals surface area contributed by atoms with Crippen LogP contribution in [0.4, 0.5) is 9.93 Å². The Labute approximate surface area is 181 Å². The first-order valence-electron chi connectivity index (χ1n) is 10.1. The molecule has 0 spiro atoms. The van der Waals surface area contributed by atoms with Crippen LogP contribution < -0.4 is 10.6 Å². The molecule has 1 atom stereocenters. The van der Waals surface area contributed by atoms with E-state index in [4.69, 9.17) is 4.74 Å². The largest absolute Gasteiger partial charge is 0.444 e. The number of ether oxygens (including phenoxy) is 1. The van der Waals surface area contributed by atoms with Gasteiger partial charge in [-0.15, -0.1) is 11.3 Å². The van der Waals surface area contributed by atoms with E-state index in [1.54, 1.807) is 29.5 Å². The number of nitrogens with zero attached hydrogens (tertiary/aromatic N) is 2. The Balaban J connectivity index is 1.60. The quantitative estimate of drug-likeness (QED) is 0.753. The molecule has 0 unspecified atom stereocenters. The second kappa shape index (κ2) is 9.14. The van der Waals surface area contributed by atoms with Crippen LogP contribution in [0.15, 0.2) is 24.3 Å². The number of likely N-dealkylation sites (N-methyl/N-ethyl adjacent to an activating group) is 1. The zero-order chi connectivity index (χ0) is 21.9. The predicted octanol–water partition coefficient (Wildman–Crippen LogP) is 3.84. The first-order valence-corrected chi connectivity index (χ1v) is 10.9. The monoisotopic (exact) mass is 430 g/mol. The minimum atomic E-state index is -0.550. The highest BCUT2D eigenvalue weighted by molar-refractivity contribution is 7.15. The van der Waals surface area contributed by atoms with Crippen LogP contribution in [-0.2, 0) is 24.1 Å². The van der Waals surface area contributed by atoms with Gasteiger partial charge in [-0.25, -0.2) is 9.78 Å². The Morgan fingerprint density at radius 3 is 2.77 bits per heavy atom. The summed E-state index contributed by atoms with van der Waals surface area (Å²) < 4.78 is 5.24. The number of aromatic nitrogens is 1. The minimum Gasteiger partial charge on any atom is -0.444 e. The van der Waals surface area contributed by atoms with Gasteiger partial charge in [-0.1, -0.05) is 12.1 Å². The van der Waals surface area contributed by atoms with Crippen molar-refractivity contribution >= 4 is 28.5 Å². The highest BCUT2D eigenvalue weighted by Crippen LogP contribution is 2.31. The molecule has 8 heteroatoms. The van der Waals surface area contributed by atoms with Crippen LogP contribution in [0.3, 0.4) is 0 Å². The fourth-order valence-corrected chi connectivity index (χ4v) is 4.41. The Morgan fingerprint density at radius 1 is 1.30 bits per heavy atom. The molecule has 1 aliphatic rings. The maximum absolute atomic E-state index is 12.7. The van der Waals surface area contributed by atoms with Gasteiger partial charge in [-0.3, -0.25) is 10.1 Å². The number of thiazole rings is 1. The summed E-state index contributed by atoms with van der Waals surface area (Å²) in [5.74, 6) is -0.204. The van der Waals surface area contributed by atoms with Crippen LogP contribution >= 0.6 is 11.3 Å². The molecule has 2 amide bonds. The molecule has 1 aromatic heterocycles.